The van der Waals surface area contributed by atoms with Crippen molar-refractivity contribution in [2.75, 3.05) is 83.9 Å². The molecule has 2 unspecified atom stereocenters. The molecule has 0 radical (unpaired) electrons. The predicted molar refractivity (Wildman–Crippen MR) is 258 cm³/mol. The van der Waals surface area contributed by atoms with E-state index >= 15 is 0 Å². The molecule has 366 valence electrons. The molecule has 0 spiro atoms. The van der Waals surface area contributed by atoms with Gasteiger partial charge in [-0.15, -0.1) is 0 Å². The van der Waals surface area contributed by atoms with Crippen LogP contribution in [0.15, 0.2) is 46.3 Å². The first-order valence-electron chi connectivity index (χ1n) is 24.2. The van der Waals surface area contributed by atoms with Gasteiger partial charge in [-0.3, -0.25) is 48.9 Å². The normalized spacial score (nSPS) is 22.6. The Morgan fingerprint density at radius 1 is 0.971 bits per heavy atom. The van der Waals surface area contributed by atoms with Crippen LogP contribution in [0.25, 0.3) is 16.6 Å². The number of hydrogen-bond donors (Lipinski definition) is 4. The van der Waals surface area contributed by atoms with Crippen LogP contribution < -0.4 is 27.0 Å². The number of alkyl halides is 2. The molecule has 4 fully saturated rings. The van der Waals surface area contributed by atoms with Crippen molar-refractivity contribution in [1.82, 2.24) is 39.4 Å². The lowest BCUT2D eigenvalue weighted by atomic mass is 9.86. The number of imidazole rings is 1. The van der Waals surface area contributed by atoms with Gasteiger partial charge in [0.1, 0.15) is 11.9 Å². The minimum Gasteiger partial charge on any atom is -0.404 e. The van der Waals surface area contributed by atoms with Gasteiger partial charge in [0.15, 0.2) is 0 Å². The van der Waals surface area contributed by atoms with Crippen LogP contribution in [-0.2, 0) is 39.1 Å². The minimum atomic E-state index is -2.76. The zero-order chi connectivity index (χ0) is 48.2. The number of amides is 4. The predicted octanol–water partition coefficient (Wildman–Crippen LogP) is 3.05. The molecule has 6 heterocycles. The number of para-hydroxylation sites is 1. The van der Waals surface area contributed by atoms with Crippen LogP contribution >= 0.6 is 0 Å². The van der Waals surface area contributed by atoms with Crippen molar-refractivity contribution in [1.29, 1.82) is 5.41 Å². The maximum Gasteiger partial charge on any atom is 0.329 e. The molecule has 5 aliphatic rings. The highest BCUT2D eigenvalue weighted by atomic mass is 19.3. The first-order valence-corrected chi connectivity index (χ1v) is 24.2. The van der Waals surface area contributed by atoms with Gasteiger partial charge in [0.2, 0.25) is 23.6 Å². The van der Waals surface area contributed by atoms with E-state index in [0.29, 0.717) is 86.7 Å². The molecule has 0 aliphatic carbocycles. The van der Waals surface area contributed by atoms with E-state index in [4.69, 9.17) is 5.73 Å². The van der Waals surface area contributed by atoms with E-state index in [1.807, 2.05) is 28.0 Å². The summed E-state index contributed by atoms with van der Waals surface area (Å²) in [5.74, 6) is -0.741. The summed E-state index contributed by atoms with van der Waals surface area (Å²) >= 11 is 0. The quantitative estimate of drug-likeness (QED) is 0.112. The highest BCUT2D eigenvalue weighted by Gasteiger charge is 2.39. The Morgan fingerprint density at radius 3 is 2.40 bits per heavy atom. The number of piperazine rings is 1. The topological polar surface area (TPSA) is 198 Å². The second-order valence-electron chi connectivity index (χ2n) is 19.0. The van der Waals surface area contributed by atoms with Crippen molar-refractivity contribution in [3.05, 3.63) is 69.3 Å². The number of nitrogens with two attached hydrogens (primary N) is 1. The molecular formula is C49H66F2N12O5. The number of rotatable bonds is 13. The first-order chi connectivity index (χ1) is 32.8. The lowest BCUT2D eigenvalue weighted by Crippen LogP contribution is -2.59. The van der Waals surface area contributed by atoms with E-state index in [1.165, 1.54) is 23.0 Å². The number of piperidine rings is 3. The second-order valence-corrected chi connectivity index (χ2v) is 19.0. The smallest absolute Gasteiger partial charge is 0.329 e. The van der Waals surface area contributed by atoms with Crippen LogP contribution in [0.4, 0.5) is 14.5 Å². The van der Waals surface area contributed by atoms with Crippen molar-refractivity contribution in [3.63, 3.8) is 0 Å². The van der Waals surface area contributed by atoms with Crippen LogP contribution in [0.1, 0.15) is 86.6 Å². The molecule has 4 amide bonds. The maximum atomic E-state index is 14.6. The van der Waals surface area contributed by atoms with E-state index in [0.717, 1.165) is 81.5 Å². The molecule has 3 atom stereocenters. The number of likely N-dealkylation sites (tertiary alicyclic amines) is 2. The summed E-state index contributed by atoms with van der Waals surface area (Å²) in [6.07, 6.45) is 5.74. The Bertz CT molecular complexity index is 2520. The van der Waals surface area contributed by atoms with E-state index < -0.39 is 18.4 Å². The average molecular weight is 941 g/mol. The summed E-state index contributed by atoms with van der Waals surface area (Å²) in [7, 11) is 3.30. The van der Waals surface area contributed by atoms with Crippen LogP contribution in [0, 0.1) is 11.3 Å². The highest BCUT2D eigenvalue weighted by molar-refractivity contribution is 6.11. The number of carbonyl (C=O) groups excluding carboxylic acids is 4. The fourth-order valence-electron chi connectivity index (χ4n) is 11.1. The largest absolute Gasteiger partial charge is 0.404 e. The number of amidine groups is 1. The first kappa shape index (κ1) is 48.7. The molecule has 68 heavy (non-hydrogen) atoms. The summed E-state index contributed by atoms with van der Waals surface area (Å²) in [4.78, 5) is 78.3. The monoisotopic (exact) mass is 941 g/mol. The summed E-state index contributed by atoms with van der Waals surface area (Å²) in [5, 5.41) is 15.8. The lowest BCUT2D eigenvalue weighted by molar-refractivity contribution is -0.136. The average Bonchev–Trinajstić information content (AvgIpc) is 3.59. The Balaban J connectivity index is 0.819. The number of benzene rings is 2. The highest BCUT2D eigenvalue weighted by Crippen LogP contribution is 2.38. The number of imide groups is 1. The Hall–Kier alpha value is -5.79. The zero-order valence-corrected chi connectivity index (χ0v) is 39.5. The molecule has 0 bridgehead atoms. The third-order valence-corrected chi connectivity index (χ3v) is 14.8. The van der Waals surface area contributed by atoms with E-state index in [2.05, 4.69) is 25.4 Å². The molecule has 17 nitrogen and oxygen atoms in total. The molecular weight excluding hydrogens is 875 g/mol. The Morgan fingerprint density at radius 2 is 1.71 bits per heavy atom. The van der Waals surface area contributed by atoms with Gasteiger partial charge in [0.25, 0.3) is 6.43 Å². The fourth-order valence-corrected chi connectivity index (χ4v) is 11.1. The SMILES string of the molecule is CN=CC(=CN)c1cc2c(cc1C(F)F)N(C(=N)C1CN(C(C)=O)CCC1NC1CCN(C(=O)CN3CCN(CCCc4cccc5c4n(C)c(=O)n5[C@H]4CCC(=O)NC4=O)CC3)CC1)CCC2. The third kappa shape index (κ3) is 10.3. The van der Waals surface area contributed by atoms with E-state index in [-0.39, 0.29) is 53.4 Å². The molecule has 0 saturated carbocycles. The molecule has 3 aromatic rings. The lowest BCUT2D eigenvalue weighted by Gasteiger charge is -2.45. The van der Waals surface area contributed by atoms with Crippen LogP contribution in [0.2, 0.25) is 0 Å². The number of aryl methyl sites for hydroxylation is 3. The molecule has 5 N–H and O–H groups in total. The van der Waals surface area contributed by atoms with Crippen molar-refractivity contribution >= 4 is 58.0 Å². The van der Waals surface area contributed by atoms with Gasteiger partial charge in [-0.25, -0.2) is 13.6 Å². The zero-order valence-electron chi connectivity index (χ0n) is 39.5. The number of carbonyl (C=O) groups is 4. The summed E-state index contributed by atoms with van der Waals surface area (Å²) in [5.41, 5.74) is 10.2. The van der Waals surface area contributed by atoms with Gasteiger partial charge >= 0.3 is 5.69 Å². The van der Waals surface area contributed by atoms with Crippen molar-refractivity contribution < 1.29 is 28.0 Å². The molecule has 1 aromatic heterocycles. The van der Waals surface area contributed by atoms with E-state index in [9.17, 15) is 38.2 Å². The fraction of sp³-hybridized carbons (Fsp3) is 0.571. The Kier molecular flexibility index (Phi) is 15.2. The molecule has 5 aliphatic heterocycles. The van der Waals surface area contributed by atoms with Crippen molar-refractivity contribution in [2.24, 2.45) is 23.7 Å². The molecule has 4 saturated heterocycles. The third-order valence-electron chi connectivity index (χ3n) is 14.8. The van der Waals surface area contributed by atoms with E-state index in [1.54, 1.807) is 36.6 Å². The molecule has 8 rings (SSSR count). The minimum absolute atomic E-state index is 0.0571. The number of aliphatic imine (C=N–C) groups is 1. The Labute approximate surface area is 395 Å². The van der Waals surface area contributed by atoms with Gasteiger partial charge in [0, 0.05) is 134 Å². The number of aromatic nitrogens is 2. The number of nitrogens with zero attached hydrogens (tertiary/aromatic N) is 8. The van der Waals surface area contributed by atoms with Crippen LogP contribution in [-0.4, -0.2) is 156 Å². The number of nitrogens with one attached hydrogen (secondary N) is 3. The standard InChI is InChI=1S/C49H66F2N12O5/c1-31(64)61-20-15-39(38(29-61)47(53)62-17-6-9-33-25-36(34(27-52)28-54-2)37(46(50)51)26-42(33)62)55-35-13-18-60(19-14-35)44(66)30-59-23-21-58(22-24-59)16-5-8-32-7-4-10-40-45(32)57(3)49(68)63(40)41-11-12-43(65)56-48(41)67/h4,7,10,25-28,35,38-39,41,46,53,55H,5-6,8-9,11-24,29-30,52H2,1-3H3,(H,56,65,67)/t38?,39?,41-/m0/s1. The van der Waals surface area contributed by atoms with Gasteiger partial charge < -0.3 is 30.7 Å². The number of fused-ring (bicyclic) bond motifs is 2. The number of halogens is 2. The van der Waals surface area contributed by atoms with Gasteiger partial charge in [-0.2, -0.15) is 0 Å². The van der Waals surface area contributed by atoms with Gasteiger partial charge in [-0.1, -0.05) is 12.1 Å². The van der Waals surface area contributed by atoms with Gasteiger partial charge in [-0.05, 0) is 92.8 Å². The van der Waals surface area contributed by atoms with Gasteiger partial charge in [0.05, 0.1) is 17.6 Å². The summed E-state index contributed by atoms with van der Waals surface area (Å²) in [6.45, 7) is 8.76. The molecule has 19 heteroatoms. The summed E-state index contributed by atoms with van der Waals surface area (Å²) < 4.78 is 32.3. The molecule has 2 aromatic carbocycles. The maximum absolute atomic E-state index is 14.6. The number of allylic oxidation sites excluding steroid dienone is 1. The van der Waals surface area contributed by atoms with Crippen molar-refractivity contribution in [2.45, 2.75) is 89.3 Å². The van der Waals surface area contributed by atoms with Crippen LogP contribution in [0.3, 0.4) is 0 Å². The summed E-state index contributed by atoms with van der Waals surface area (Å²) in [6, 6.07) is 8.37. The van der Waals surface area contributed by atoms with Crippen molar-refractivity contribution in [3.8, 4) is 0 Å². The number of hydrogen-bond acceptors (Lipinski definition) is 11. The number of anilines is 1. The second kappa shape index (κ2) is 21.2. The van der Waals surface area contributed by atoms with Crippen LogP contribution in [0.5, 0.6) is 0 Å².